The highest BCUT2D eigenvalue weighted by molar-refractivity contribution is 6.35. The van der Waals surface area contributed by atoms with E-state index < -0.39 is 0 Å². The normalized spacial score (nSPS) is 16.5. The molecule has 2 amide bonds. The molecular formula is C24H19NO4. The quantitative estimate of drug-likeness (QED) is 0.371. The number of hydrogen-bond acceptors (Lipinski definition) is 4. The van der Waals surface area contributed by atoms with Gasteiger partial charge in [-0.05, 0) is 42.5 Å². The second kappa shape index (κ2) is 6.85. The van der Waals surface area contributed by atoms with Crippen LogP contribution >= 0.6 is 0 Å². The van der Waals surface area contributed by atoms with Crippen LogP contribution in [0.4, 0.5) is 5.69 Å². The standard InChI is InChI=1S/C24H19NO4/c26-22-19-12-3-8-15-9-4-13-20(21(15)19)23(27)25(22)17-10-5-11-18(14-17)29-24(28)16-6-1-2-7-16/h3-5,8-14,16H,1-2,6-7H2. The van der Waals surface area contributed by atoms with Crippen LogP contribution in [-0.4, -0.2) is 17.8 Å². The van der Waals surface area contributed by atoms with E-state index in [1.807, 2.05) is 24.3 Å². The van der Waals surface area contributed by atoms with Gasteiger partial charge >= 0.3 is 5.97 Å². The second-order valence-corrected chi connectivity index (χ2v) is 7.55. The summed E-state index contributed by atoms with van der Waals surface area (Å²) >= 11 is 0. The number of nitrogens with zero attached hydrogens (tertiary/aromatic N) is 1. The van der Waals surface area contributed by atoms with Crippen molar-refractivity contribution in [2.75, 3.05) is 4.90 Å². The molecule has 5 nitrogen and oxygen atoms in total. The molecule has 0 saturated heterocycles. The molecule has 0 aromatic heterocycles. The Bertz CT molecular complexity index is 1110. The van der Waals surface area contributed by atoms with Gasteiger partial charge < -0.3 is 4.74 Å². The Hall–Kier alpha value is -3.47. The van der Waals surface area contributed by atoms with Crippen molar-refractivity contribution < 1.29 is 19.1 Å². The van der Waals surface area contributed by atoms with Gasteiger partial charge in [-0.1, -0.05) is 43.2 Å². The lowest BCUT2D eigenvalue weighted by atomic mass is 9.94. The van der Waals surface area contributed by atoms with Crippen LogP contribution in [0.15, 0.2) is 60.7 Å². The summed E-state index contributed by atoms with van der Waals surface area (Å²) in [5, 5.41) is 1.55. The van der Waals surface area contributed by atoms with Gasteiger partial charge in [-0.25, -0.2) is 4.90 Å². The van der Waals surface area contributed by atoms with Crippen LogP contribution in [0.25, 0.3) is 10.8 Å². The van der Waals surface area contributed by atoms with Crippen molar-refractivity contribution in [2.24, 2.45) is 5.92 Å². The van der Waals surface area contributed by atoms with E-state index in [4.69, 9.17) is 4.74 Å². The minimum atomic E-state index is -0.376. The number of carbonyl (C=O) groups is 3. The Labute approximate surface area is 167 Å². The zero-order chi connectivity index (χ0) is 20.0. The summed E-state index contributed by atoms with van der Waals surface area (Å²) in [7, 11) is 0. The lowest BCUT2D eigenvalue weighted by Crippen LogP contribution is -2.40. The van der Waals surface area contributed by atoms with E-state index in [0.29, 0.717) is 28.0 Å². The number of rotatable bonds is 3. The predicted octanol–water partition coefficient (Wildman–Crippen LogP) is 4.74. The molecule has 2 aliphatic rings. The van der Waals surface area contributed by atoms with Crippen molar-refractivity contribution in [1.82, 2.24) is 0 Å². The topological polar surface area (TPSA) is 63.7 Å². The number of esters is 1. The monoisotopic (exact) mass is 385 g/mol. The van der Waals surface area contributed by atoms with Crippen LogP contribution in [0.3, 0.4) is 0 Å². The van der Waals surface area contributed by atoms with Crippen molar-refractivity contribution in [3.8, 4) is 5.75 Å². The number of hydrogen-bond donors (Lipinski definition) is 0. The molecule has 0 bridgehead atoms. The maximum absolute atomic E-state index is 13.2. The highest BCUT2D eigenvalue weighted by Crippen LogP contribution is 2.34. The number of anilines is 1. The van der Waals surface area contributed by atoms with E-state index in [1.165, 1.54) is 0 Å². The molecule has 3 aromatic carbocycles. The van der Waals surface area contributed by atoms with Crippen LogP contribution in [-0.2, 0) is 4.79 Å². The Morgan fingerprint density at radius 3 is 2.14 bits per heavy atom. The van der Waals surface area contributed by atoms with Gasteiger partial charge in [0.1, 0.15) is 5.75 Å². The summed E-state index contributed by atoms with van der Waals surface area (Å²) in [6.45, 7) is 0. The lowest BCUT2D eigenvalue weighted by molar-refractivity contribution is -0.138. The molecule has 0 N–H and O–H groups in total. The Morgan fingerprint density at radius 2 is 1.48 bits per heavy atom. The van der Waals surface area contributed by atoms with Crippen molar-refractivity contribution >= 4 is 34.2 Å². The molecule has 0 atom stereocenters. The van der Waals surface area contributed by atoms with E-state index >= 15 is 0 Å². The van der Waals surface area contributed by atoms with Crippen LogP contribution in [0, 0.1) is 5.92 Å². The van der Waals surface area contributed by atoms with Gasteiger partial charge in [0.2, 0.25) is 0 Å². The fourth-order valence-electron chi connectivity index (χ4n) is 4.31. The summed E-state index contributed by atoms with van der Waals surface area (Å²) in [6.07, 6.45) is 3.79. The Kier molecular flexibility index (Phi) is 4.16. The van der Waals surface area contributed by atoms with E-state index in [2.05, 4.69) is 0 Å². The fourth-order valence-corrected chi connectivity index (χ4v) is 4.31. The SMILES string of the molecule is O=C(Oc1cccc(N2C(=O)c3cccc4cccc(c34)C2=O)c1)C1CCCC1. The number of ether oxygens (including phenoxy) is 1. The van der Waals surface area contributed by atoms with Gasteiger partial charge in [-0.2, -0.15) is 0 Å². The highest BCUT2D eigenvalue weighted by atomic mass is 16.5. The third-order valence-corrected chi connectivity index (χ3v) is 5.75. The first kappa shape index (κ1) is 17.6. The number of benzene rings is 3. The minimum absolute atomic E-state index is 0.0682. The average molecular weight is 385 g/mol. The van der Waals surface area contributed by atoms with Gasteiger partial charge in [-0.3, -0.25) is 14.4 Å². The third-order valence-electron chi connectivity index (χ3n) is 5.75. The molecule has 0 spiro atoms. The Morgan fingerprint density at radius 1 is 0.862 bits per heavy atom. The zero-order valence-corrected chi connectivity index (χ0v) is 15.8. The smallest absolute Gasteiger partial charge is 0.314 e. The van der Waals surface area contributed by atoms with E-state index in [0.717, 1.165) is 36.0 Å². The first-order valence-electron chi connectivity index (χ1n) is 9.86. The summed E-state index contributed by atoms with van der Waals surface area (Å²) in [5.41, 5.74) is 1.38. The fraction of sp³-hybridized carbons (Fsp3) is 0.208. The maximum Gasteiger partial charge on any atom is 0.314 e. The third kappa shape index (κ3) is 2.90. The van der Waals surface area contributed by atoms with Crippen LogP contribution in [0.2, 0.25) is 0 Å². The molecule has 144 valence electrons. The molecule has 1 heterocycles. The van der Waals surface area contributed by atoms with Crippen molar-refractivity contribution in [2.45, 2.75) is 25.7 Å². The summed E-state index contributed by atoms with van der Waals surface area (Å²) in [6, 6.07) is 17.5. The molecule has 1 aliphatic carbocycles. The van der Waals surface area contributed by atoms with Gasteiger partial charge in [0.05, 0.1) is 11.6 Å². The molecule has 5 heteroatoms. The van der Waals surface area contributed by atoms with Gasteiger partial charge in [0.15, 0.2) is 0 Å². The first-order valence-corrected chi connectivity index (χ1v) is 9.86. The van der Waals surface area contributed by atoms with Gasteiger partial charge in [-0.15, -0.1) is 0 Å². The number of carbonyl (C=O) groups excluding carboxylic acids is 3. The van der Waals surface area contributed by atoms with Gasteiger partial charge in [0, 0.05) is 22.6 Å². The molecule has 1 aliphatic heterocycles. The maximum atomic E-state index is 13.2. The lowest BCUT2D eigenvalue weighted by Gasteiger charge is -2.27. The molecule has 5 rings (SSSR count). The van der Waals surface area contributed by atoms with E-state index in [1.54, 1.807) is 36.4 Å². The molecular weight excluding hydrogens is 366 g/mol. The predicted molar refractivity (Wildman–Crippen MR) is 109 cm³/mol. The van der Waals surface area contributed by atoms with Crippen molar-refractivity contribution in [3.05, 3.63) is 71.8 Å². The number of amides is 2. The van der Waals surface area contributed by atoms with Crippen LogP contribution < -0.4 is 9.64 Å². The van der Waals surface area contributed by atoms with Crippen LogP contribution in [0.5, 0.6) is 5.75 Å². The first-order chi connectivity index (χ1) is 14.1. The molecule has 0 unspecified atom stereocenters. The molecule has 0 radical (unpaired) electrons. The zero-order valence-electron chi connectivity index (χ0n) is 15.8. The van der Waals surface area contributed by atoms with E-state index in [9.17, 15) is 14.4 Å². The molecule has 1 saturated carbocycles. The molecule has 29 heavy (non-hydrogen) atoms. The molecule has 3 aromatic rings. The second-order valence-electron chi connectivity index (χ2n) is 7.55. The van der Waals surface area contributed by atoms with Gasteiger partial charge in [0.25, 0.3) is 11.8 Å². The highest BCUT2D eigenvalue weighted by Gasteiger charge is 2.34. The average Bonchev–Trinajstić information content (AvgIpc) is 3.27. The Balaban J connectivity index is 1.51. The molecule has 1 fully saturated rings. The summed E-state index contributed by atoms with van der Waals surface area (Å²) < 4.78 is 5.54. The summed E-state index contributed by atoms with van der Waals surface area (Å²) in [5.74, 6) is -0.721. The van der Waals surface area contributed by atoms with Crippen LogP contribution in [0.1, 0.15) is 46.4 Å². The van der Waals surface area contributed by atoms with Crippen molar-refractivity contribution in [3.63, 3.8) is 0 Å². The largest absolute Gasteiger partial charge is 0.426 e. The summed E-state index contributed by atoms with van der Waals surface area (Å²) in [4.78, 5) is 39.8. The van der Waals surface area contributed by atoms with Crippen molar-refractivity contribution in [1.29, 1.82) is 0 Å². The number of imide groups is 1. The van der Waals surface area contributed by atoms with E-state index in [-0.39, 0.29) is 23.7 Å². The minimum Gasteiger partial charge on any atom is -0.426 e.